The SMILES string of the molecule is CC1CC(C)(C)CC(O)(c2nccn2C)C1. The van der Waals surface area contributed by atoms with E-state index in [1.54, 1.807) is 6.20 Å². The van der Waals surface area contributed by atoms with Gasteiger partial charge < -0.3 is 9.67 Å². The molecule has 3 heteroatoms. The fourth-order valence-electron chi connectivity index (χ4n) is 3.51. The van der Waals surface area contributed by atoms with Crippen LogP contribution in [0.3, 0.4) is 0 Å². The quantitative estimate of drug-likeness (QED) is 0.792. The number of aryl methyl sites for hydroxylation is 1. The average molecular weight is 222 g/mol. The van der Waals surface area contributed by atoms with Gasteiger partial charge in [0.25, 0.3) is 0 Å². The van der Waals surface area contributed by atoms with Crippen molar-refractivity contribution in [2.45, 2.75) is 45.6 Å². The maximum atomic E-state index is 10.8. The molecule has 2 rings (SSSR count). The summed E-state index contributed by atoms with van der Waals surface area (Å²) >= 11 is 0. The molecule has 3 nitrogen and oxygen atoms in total. The Morgan fingerprint density at radius 2 is 2.12 bits per heavy atom. The van der Waals surface area contributed by atoms with E-state index in [0.717, 1.165) is 18.7 Å². The maximum Gasteiger partial charge on any atom is 0.140 e. The molecule has 0 radical (unpaired) electrons. The van der Waals surface area contributed by atoms with Crippen molar-refractivity contribution in [2.24, 2.45) is 18.4 Å². The van der Waals surface area contributed by atoms with Crippen LogP contribution in [-0.2, 0) is 12.6 Å². The van der Waals surface area contributed by atoms with Gasteiger partial charge in [-0.2, -0.15) is 0 Å². The molecule has 0 aliphatic heterocycles. The minimum Gasteiger partial charge on any atom is -0.382 e. The summed E-state index contributed by atoms with van der Waals surface area (Å²) in [7, 11) is 1.95. The standard InChI is InChI=1S/C13H22N2O/c1-10-7-12(2,3)9-13(16,8-10)11-14-5-6-15(11)4/h5-6,10,16H,7-9H2,1-4H3. The Kier molecular flexibility index (Phi) is 2.61. The van der Waals surface area contributed by atoms with Crippen molar-refractivity contribution in [3.8, 4) is 0 Å². The van der Waals surface area contributed by atoms with Crippen LogP contribution < -0.4 is 0 Å². The Hall–Kier alpha value is -0.830. The highest BCUT2D eigenvalue weighted by atomic mass is 16.3. The van der Waals surface area contributed by atoms with Crippen LogP contribution in [0.4, 0.5) is 0 Å². The molecule has 90 valence electrons. The third-order valence-corrected chi connectivity index (χ3v) is 3.60. The van der Waals surface area contributed by atoms with E-state index in [1.165, 1.54) is 6.42 Å². The number of hydrogen-bond acceptors (Lipinski definition) is 2. The normalized spacial score (nSPS) is 33.9. The monoisotopic (exact) mass is 222 g/mol. The molecule has 1 N–H and O–H groups in total. The number of aliphatic hydroxyl groups is 1. The van der Waals surface area contributed by atoms with Gasteiger partial charge in [-0.1, -0.05) is 20.8 Å². The van der Waals surface area contributed by atoms with Gasteiger partial charge in [-0.25, -0.2) is 4.98 Å². The van der Waals surface area contributed by atoms with E-state index < -0.39 is 5.60 Å². The Morgan fingerprint density at radius 1 is 1.44 bits per heavy atom. The zero-order valence-electron chi connectivity index (χ0n) is 10.7. The van der Waals surface area contributed by atoms with Gasteiger partial charge in [-0.15, -0.1) is 0 Å². The molecule has 0 bridgehead atoms. The van der Waals surface area contributed by atoms with Crippen LogP contribution in [0.5, 0.6) is 0 Å². The second kappa shape index (κ2) is 3.59. The van der Waals surface area contributed by atoms with Crippen molar-refractivity contribution >= 4 is 0 Å². The molecule has 1 aromatic rings. The van der Waals surface area contributed by atoms with Crippen molar-refractivity contribution in [2.75, 3.05) is 0 Å². The fraction of sp³-hybridized carbons (Fsp3) is 0.769. The van der Waals surface area contributed by atoms with Gasteiger partial charge in [0, 0.05) is 19.4 Å². The zero-order chi connectivity index (χ0) is 12.0. The van der Waals surface area contributed by atoms with E-state index in [2.05, 4.69) is 25.8 Å². The highest BCUT2D eigenvalue weighted by molar-refractivity contribution is 5.08. The van der Waals surface area contributed by atoms with Crippen molar-refractivity contribution in [3.05, 3.63) is 18.2 Å². The first kappa shape index (κ1) is 11.6. The summed E-state index contributed by atoms with van der Waals surface area (Å²) in [5.74, 6) is 1.36. The van der Waals surface area contributed by atoms with Gasteiger partial charge in [0.1, 0.15) is 11.4 Å². The van der Waals surface area contributed by atoms with E-state index in [9.17, 15) is 5.11 Å². The van der Waals surface area contributed by atoms with E-state index in [-0.39, 0.29) is 5.41 Å². The molecule has 1 saturated carbocycles. The predicted molar refractivity (Wildman–Crippen MR) is 63.9 cm³/mol. The molecule has 1 aromatic heterocycles. The first-order chi connectivity index (χ1) is 7.32. The third-order valence-electron chi connectivity index (χ3n) is 3.60. The van der Waals surface area contributed by atoms with Gasteiger partial charge in [0.15, 0.2) is 0 Å². The van der Waals surface area contributed by atoms with Crippen LogP contribution in [0.25, 0.3) is 0 Å². The van der Waals surface area contributed by atoms with Gasteiger partial charge in [0.05, 0.1) is 0 Å². The molecule has 1 fully saturated rings. The number of imidazole rings is 1. The first-order valence-electron chi connectivity index (χ1n) is 6.03. The molecule has 1 heterocycles. The molecule has 0 amide bonds. The minimum absolute atomic E-state index is 0.193. The van der Waals surface area contributed by atoms with E-state index in [1.807, 2.05) is 17.8 Å². The van der Waals surface area contributed by atoms with E-state index >= 15 is 0 Å². The molecule has 0 spiro atoms. The largest absolute Gasteiger partial charge is 0.382 e. The van der Waals surface area contributed by atoms with Crippen LogP contribution in [0.2, 0.25) is 0 Å². The summed E-state index contributed by atoms with van der Waals surface area (Å²) < 4.78 is 1.94. The second-order valence-corrected chi connectivity index (χ2v) is 6.25. The summed E-state index contributed by atoms with van der Waals surface area (Å²) in [5.41, 5.74) is -0.558. The lowest BCUT2D eigenvalue weighted by Gasteiger charge is -2.44. The van der Waals surface area contributed by atoms with E-state index in [0.29, 0.717) is 5.92 Å². The zero-order valence-corrected chi connectivity index (χ0v) is 10.7. The number of aromatic nitrogens is 2. The van der Waals surface area contributed by atoms with Crippen LogP contribution in [0.15, 0.2) is 12.4 Å². The molecule has 0 saturated heterocycles. The Bertz CT molecular complexity index is 383. The maximum absolute atomic E-state index is 10.8. The average Bonchev–Trinajstić information content (AvgIpc) is 2.46. The van der Waals surface area contributed by atoms with Crippen molar-refractivity contribution < 1.29 is 5.11 Å². The molecule has 1 aliphatic rings. The molecule has 2 unspecified atom stereocenters. The van der Waals surface area contributed by atoms with Crippen molar-refractivity contribution in [1.29, 1.82) is 0 Å². The predicted octanol–water partition coefficient (Wildman–Crippen LogP) is 2.45. The van der Waals surface area contributed by atoms with Crippen LogP contribution in [0.1, 0.15) is 45.9 Å². The first-order valence-corrected chi connectivity index (χ1v) is 6.03. The van der Waals surface area contributed by atoms with Gasteiger partial charge in [0.2, 0.25) is 0 Å². The van der Waals surface area contributed by atoms with Crippen LogP contribution >= 0.6 is 0 Å². The smallest absolute Gasteiger partial charge is 0.140 e. The lowest BCUT2D eigenvalue weighted by atomic mass is 9.65. The topological polar surface area (TPSA) is 38.1 Å². The molecule has 2 atom stereocenters. The minimum atomic E-state index is -0.751. The Morgan fingerprint density at radius 3 is 2.62 bits per heavy atom. The summed E-state index contributed by atoms with van der Waals surface area (Å²) in [4.78, 5) is 4.32. The summed E-state index contributed by atoms with van der Waals surface area (Å²) in [6, 6.07) is 0. The van der Waals surface area contributed by atoms with Gasteiger partial charge >= 0.3 is 0 Å². The highest BCUT2D eigenvalue weighted by Crippen LogP contribution is 2.47. The summed E-state index contributed by atoms with van der Waals surface area (Å²) in [5, 5.41) is 10.8. The summed E-state index contributed by atoms with van der Waals surface area (Å²) in [6.07, 6.45) is 6.47. The fourth-order valence-corrected chi connectivity index (χ4v) is 3.51. The van der Waals surface area contributed by atoms with Crippen LogP contribution in [0, 0.1) is 11.3 Å². The summed E-state index contributed by atoms with van der Waals surface area (Å²) in [6.45, 7) is 6.68. The Balaban J connectivity index is 2.34. The number of hydrogen-bond donors (Lipinski definition) is 1. The lowest BCUT2D eigenvalue weighted by Crippen LogP contribution is -2.41. The van der Waals surface area contributed by atoms with Crippen molar-refractivity contribution in [1.82, 2.24) is 9.55 Å². The molecular formula is C13H22N2O. The van der Waals surface area contributed by atoms with E-state index in [4.69, 9.17) is 0 Å². The molecule has 1 aliphatic carbocycles. The lowest BCUT2D eigenvalue weighted by molar-refractivity contribution is -0.0714. The van der Waals surface area contributed by atoms with Gasteiger partial charge in [-0.05, 0) is 30.6 Å². The van der Waals surface area contributed by atoms with Crippen LogP contribution in [-0.4, -0.2) is 14.7 Å². The second-order valence-electron chi connectivity index (χ2n) is 6.25. The molecule has 16 heavy (non-hydrogen) atoms. The Labute approximate surface area is 97.5 Å². The van der Waals surface area contributed by atoms with Gasteiger partial charge in [-0.3, -0.25) is 0 Å². The number of rotatable bonds is 1. The molecular weight excluding hydrogens is 200 g/mol. The third kappa shape index (κ3) is 2.01. The number of nitrogens with zero attached hydrogens (tertiary/aromatic N) is 2. The molecule has 0 aromatic carbocycles. The van der Waals surface area contributed by atoms with Crippen molar-refractivity contribution in [3.63, 3.8) is 0 Å². The highest BCUT2D eigenvalue weighted by Gasteiger charge is 2.44.